The number of halogens is 1. The van der Waals surface area contributed by atoms with Gasteiger partial charge in [0.1, 0.15) is 5.15 Å². The standard InChI is InChI=1S/C12H16ClN3O3/c13-11-5-4-10(16(18)19)12(14-11)15-7-2-1-3-9(15)6-8-17/h4-5,9,17H,1-3,6-8H2. The van der Waals surface area contributed by atoms with Crippen LogP contribution in [0.25, 0.3) is 0 Å². The smallest absolute Gasteiger partial charge is 0.311 e. The van der Waals surface area contributed by atoms with Gasteiger partial charge in [0.2, 0.25) is 5.82 Å². The predicted octanol–water partition coefficient (Wildman–Crippen LogP) is 2.38. The molecule has 1 aromatic rings. The molecule has 0 bridgehead atoms. The van der Waals surface area contributed by atoms with Crippen LogP contribution in [0, 0.1) is 10.1 Å². The van der Waals surface area contributed by atoms with Crippen LogP contribution in [0.5, 0.6) is 0 Å². The number of aliphatic hydroxyl groups excluding tert-OH is 1. The van der Waals surface area contributed by atoms with Crippen LogP contribution in [0.4, 0.5) is 11.5 Å². The summed E-state index contributed by atoms with van der Waals surface area (Å²) in [6, 6.07) is 2.90. The Bertz CT molecular complexity index is 468. The normalized spacial score (nSPS) is 19.5. The number of rotatable bonds is 4. The summed E-state index contributed by atoms with van der Waals surface area (Å²) in [7, 11) is 0. The average molecular weight is 286 g/mol. The summed E-state index contributed by atoms with van der Waals surface area (Å²) in [4.78, 5) is 16.7. The summed E-state index contributed by atoms with van der Waals surface area (Å²) in [5.41, 5.74) is -0.0331. The third-order valence-electron chi connectivity index (χ3n) is 3.38. The molecule has 1 unspecified atom stereocenters. The molecule has 2 rings (SSSR count). The minimum atomic E-state index is -0.441. The molecule has 0 amide bonds. The number of nitro groups is 1. The Labute approximate surface area is 116 Å². The quantitative estimate of drug-likeness (QED) is 0.522. The van der Waals surface area contributed by atoms with Crippen molar-refractivity contribution in [1.82, 2.24) is 4.98 Å². The van der Waals surface area contributed by atoms with E-state index in [1.165, 1.54) is 12.1 Å². The van der Waals surface area contributed by atoms with E-state index in [0.29, 0.717) is 18.8 Å². The van der Waals surface area contributed by atoms with Crippen molar-refractivity contribution in [3.05, 3.63) is 27.4 Å². The lowest BCUT2D eigenvalue weighted by molar-refractivity contribution is -0.384. The van der Waals surface area contributed by atoms with Crippen molar-refractivity contribution in [2.24, 2.45) is 0 Å². The molecule has 1 aliphatic rings. The fourth-order valence-electron chi connectivity index (χ4n) is 2.50. The summed E-state index contributed by atoms with van der Waals surface area (Å²) < 4.78 is 0. The van der Waals surface area contributed by atoms with Gasteiger partial charge in [-0.3, -0.25) is 10.1 Å². The summed E-state index contributed by atoms with van der Waals surface area (Å²) >= 11 is 5.86. The highest BCUT2D eigenvalue weighted by Gasteiger charge is 2.29. The molecule has 0 spiro atoms. The number of aliphatic hydroxyl groups is 1. The van der Waals surface area contributed by atoms with Gasteiger partial charge in [-0.1, -0.05) is 11.6 Å². The van der Waals surface area contributed by atoms with Crippen molar-refractivity contribution in [1.29, 1.82) is 0 Å². The van der Waals surface area contributed by atoms with Gasteiger partial charge in [-0.2, -0.15) is 0 Å². The maximum absolute atomic E-state index is 11.1. The Kier molecular flexibility index (Phi) is 4.55. The molecule has 0 radical (unpaired) electrons. The molecule has 19 heavy (non-hydrogen) atoms. The van der Waals surface area contributed by atoms with Gasteiger partial charge < -0.3 is 10.0 Å². The van der Waals surface area contributed by atoms with Crippen molar-refractivity contribution < 1.29 is 10.0 Å². The summed E-state index contributed by atoms with van der Waals surface area (Å²) in [5.74, 6) is 0.315. The first-order valence-corrected chi connectivity index (χ1v) is 6.69. The molecule has 2 heterocycles. The highest BCUT2D eigenvalue weighted by molar-refractivity contribution is 6.29. The first-order valence-electron chi connectivity index (χ1n) is 6.32. The van der Waals surface area contributed by atoms with Crippen LogP contribution in [-0.4, -0.2) is 34.2 Å². The zero-order chi connectivity index (χ0) is 13.8. The van der Waals surface area contributed by atoms with Crippen molar-refractivity contribution in [2.45, 2.75) is 31.7 Å². The zero-order valence-corrected chi connectivity index (χ0v) is 11.2. The minimum absolute atomic E-state index is 0.0331. The van der Waals surface area contributed by atoms with Crippen LogP contribution >= 0.6 is 11.6 Å². The molecule has 1 aliphatic heterocycles. The number of anilines is 1. The lowest BCUT2D eigenvalue weighted by Gasteiger charge is -2.36. The molecule has 1 saturated heterocycles. The van der Waals surface area contributed by atoms with Gasteiger partial charge in [0.15, 0.2) is 0 Å². The van der Waals surface area contributed by atoms with E-state index in [1.54, 1.807) is 0 Å². The molecule has 1 atom stereocenters. The van der Waals surface area contributed by atoms with E-state index in [4.69, 9.17) is 16.7 Å². The van der Waals surface area contributed by atoms with Gasteiger partial charge in [0.25, 0.3) is 0 Å². The molecular formula is C12H16ClN3O3. The molecule has 1 fully saturated rings. The van der Waals surface area contributed by atoms with Crippen LogP contribution in [0.3, 0.4) is 0 Å². The molecule has 6 nitrogen and oxygen atoms in total. The number of hydrogen-bond donors (Lipinski definition) is 1. The summed E-state index contributed by atoms with van der Waals surface area (Å²) in [5, 5.41) is 20.4. The Morgan fingerprint density at radius 3 is 3.00 bits per heavy atom. The van der Waals surface area contributed by atoms with Crippen LogP contribution in [-0.2, 0) is 0 Å². The molecule has 1 N–H and O–H groups in total. The first-order chi connectivity index (χ1) is 9.13. The predicted molar refractivity (Wildman–Crippen MR) is 72.6 cm³/mol. The highest BCUT2D eigenvalue weighted by Crippen LogP contribution is 2.33. The number of pyridine rings is 1. The van der Waals surface area contributed by atoms with E-state index in [9.17, 15) is 10.1 Å². The van der Waals surface area contributed by atoms with Gasteiger partial charge in [-0.25, -0.2) is 4.98 Å². The molecule has 0 aromatic carbocycles. The zero-order valence-electron chi connectivity index (χ0n) is 10.5. The Morgan fingerprint density at radius 2 is 2.32 bits per heavy atom. The van der Waals surface area contributed by atoms with E-state index in [-0.39, 0.29) is 23.5 Å². The first kappa shape index (κ1) is 14.0. The number of aromatic nitrogens is 1. The Balaban J connectivity index is 2.37. The van der Waals surface area contributed by atoms with E-state index in [0.717, 1.165) is 19.3 Å². The van der Waals surface area contributed by atoms with E-state index >= 15 is 0 Å². The fraction of sp³-hybridized carbons (Fsp3) is 0.583. The molecule has 7 heteroatoms. The molecular weight excluding hydrogens is 270 g/mol. The number of hydrogen-bond acceptors (Lipinski definition) is 5. The fourth-order valence-corrected chi connectivity index (χ4v) is 2.64. The third kappa shape index (κ3) is 3.13. The van der Waals surface area contributed by atoms with Crippen molar-refractivity contribution >= 4 is 23.1 Å². The van der Waals surface area contributed by atoms with Crippen molar-refractivity contribution in [3.8, 4) is 0 Å². The van der Waals surface area contributed by atoms with Gasteiger partial charge in [-0.05, 0) is 31.7 Å². The van der Waals surface area contributed by atoms with E-state index < -0.39 is 4.92 Å². The summed E-state index contributed by atoms with van der Waals surface area (Å²) in [6.45, 7) is 0.772. The monoisotopic (exact) mass is 285 g/mol. The minimum Gasteiger partial charge on any atom is -0.396 e. The highest BCUT2D eigenvalue weighted by atomic mass is 35.5. The lowest BCUT2D eigenvalue weighted by Crippen LogP contribution is -2.41. The van der Waals surface area contributed by atoms with Crippen molar-refractivity contribution in [3.63, 3.8) is 0 Å². The maximum Gasteiger partial charge on any atom is 0.311 e. The SMILES string of the molecule is O=[N+]([O-])c1ccc(Cl)nc1N1CCCCC1CCO. The molecule has 0 aliphatic carbocycles. The van der Waals surface area contributed by atoms with Crippen LogP contribution in [0.2, 0.25) is 5.15 Å². The van der Waals surface area contributed by atoms with Gasteiger partial charge in [0, 0.05) is 25.3 Å². The third-order valence-corrected chi connectivity index (χ3v) is 3.59. The second kappa shape index (κ2) is 6.16. The average Bonchev–Trinajstić information content (AvgIpc) is 2.39. The van der Waals surface area contributed by atoms with Crippen LogP contribution in [0.15, 0.2) is 12.1 Å². The molecule has 104 valence electrons. The molecule has 1 aromatic heterocycles. The maximum atomic E-state index is 11.1. The van der Waals surface area contributed by atoms with Crippen LogP contribution < -0.4 is 4.90 Å². The largest absolute Gasteiger partial charge is 0.396 e. The van der Waals surface area contributed by atoms with E-state index in [2.05, 4.69) is 4.98 Å². The lowest BCUT2D eigenvalue weighted by atomic mass is 9.99. The topological polar surface area (TPSA) is 79.5 Å². The van der Waals surface area contributed by atoms with E-state index in [1.807, 2.05) is 4.90 Å². The number of piperidine rings is 1. The Hall–Kier alpha value is -1.40. The van der Waals surface area contributed by atoms with Crippen LogP contribution in [0.1, 0.15) is 25.7 Å². The number of nitrogens with zero attached hydrogens (tertiary/aromatic N) is 3. The molecule has 0 saturated carbocycles. The second-order valence-electron chi connectivity index (χ2n) is 4.59. The van der Waals surface area contributed by atoms with Gasteiger partial charge >= 0.3 is 5.69 Å². The van der Waals surface area contributed by atoms with Gasteiger partial charge in [-0.15, -0.1) is 0 Å². The van der Waals surface area contributed by atoms with Gasteiger partial charge in [0.05, 0.1) is 4.92 Å². The van der Waals surface area contributed by atoms with Crippen molar-refractivity contribution in [2.75, 3.05) is 18.1 Å². The summed E-state index contributed by atoms with van der Waals surface area (Å²) in [6.07, 6.45) is 3.53. The second-order valence-corrected chi connectivity index (χ2v) is 4.98. The Morgan fingerprint density at radius 1 is 1.53 bits per heavy atom.